The van der Waals surface area contributed by atoms with Crippen molar-refractivity contribution in [1.29, 1.82) is 0 Å². The molecule has 0 saturated carbocycles. The molecule has 76 heavy (non-hydrogen) atoms. The van der Waals surface area contributed by atoms with Crippen molar-refractivity contribution in [2.45, 2.75) is 146 Å². The van der Waals surface area contributed by atoms with Crippen LogP contribution < -0.4 is 37.1 Å². The summed E-state index contributed by atoms with van der Waals surface area (Å²) in [4.78, 5) is 87.5. The van der Waals surface area contributed by atoms with E-state index in [0.717, 1.165) is 57.7 Å². The molecule has 6 amide bonds. The largest absolute Gasteiger partial charge is 0.508 e. The highest BCUT2D eigenvalue weighted by molar-refractivity contribution is 5.97. The van der Waals surface area contributed by atoms with Crippen molar-refractivity contribution in [1.82, 2.24) is 36.4 Å². The highest BCUT2D eigenvalue weighted by Gasteiger charge is 2.45. The van der Waals surface area contributed by atoms with Crippen molar-refractivity contribution < 1.29 is 53.9 Å². The monoisotopic (exact) mass is 1050 g/mol. The van der Waals surface area contributed by atoms with Crippen LogP contribution in [-0.4, -0.2) is 153 Å². The van der Waals surface area contributed by atoms with Gasteiger partial charge in [-0.2, -0.15) is 0 Å². The van der Waals surface area contributed by atoms with E-state index in [2.05, 4.69) is 69.9 Å². The van der Waals surface area contributed by atoms with E-state index >= 15 is 0 Å². The van der Waals surface area contributed by atoms with Gasteiger partial charge in [-0.05, 0) is 110 Å². The zero-order valence-electron chi connectivity index (χ0n) is 43.5. The van der Waals surface area contributed by atoms with Gasteiger partial charge in [-0.25, -0.2) is 0 Å². The minimum Gasteiger partial charge on any atom is -0.508 e. The first-order chi connectivity index (χ1) is 36.5. The first kappa shape index (κ1) is 56.8. The number of nitrogens with two attached hydrogens (primary N) is 1. The molecule has 7 rings (SSSR count). The molecule has 19 heteroatoms. The van der Waals surface area contributed by atoms with Crippen molar-refractivity contribution >= 4 is 35.4 Å². The number of phenolic OH excluding ortho intramolecular Hbond substituents is 1. The highest BCUT2D eigenvalue weighted by Crippen LogP contribution is 2.28. The molecule has 4 aromatic carbocycles. The number of benzene rings is 4. The quantitative estimate of drug-likeness (QED) is 0.0767. The summed E-state index contributed by atoms with van der Waals surface area (Å²) in [7, 11) is 0. The van der Waals surface area contributed by atoms with E-state index in [1.165, 1.54) is 30.9 Å². The molecule has 0 aliphatic carbocycles. The van der Waals surface area contributed by atoms with Crippen LogP contribution in [0.25, 0.3) is 22.3 Å². The maximum atomic E-state index is 14.4. The van der Waals surface area contributed by atoms with Crippen LogP contribution in [0.3, 0.4) is 0 Å². The topological polar surface area (TPSA) is 285 Å². The lowest BCUT2D eigenvalue weighted by molar-refractivity contribution is -0.145. The van der Waals surface area contributed by atoms with E-state index < -0.39 is 96.0 Å². The first-order valence-electron chi connectivity index (χ1n) is 26.5. The Labute approximate surface area is 443 Å². The second-order valence-electron chi connectivity index (χ2n) is 20.3. The van der Waals surface area contributed by atoms with Crippen LogP contribution in [0.1, 0.15) is 83.3 Å². The van der Waals surface area contributed by atoms with Gasteiger partial charge in [0.15, 0.2) is 0 Å². The van der Waals surface area contributed by atoms with Gasteiger partial charge in [0.05, 0.1) is 31.0 Å². The van der Waals surface area contributed by atoms with Gasteiger partial charge in [0, 0.05) is 38.6 Å². The molecule has 408 valence electrons. The third kappa shape index (κ3) is 14.9. The minimum atomic E-state index is -1.56. The summed E-state index contributed by atoms with van der Waals surface area (Å²) in [5.74, 6) is -3.59. The lowest BCUT2D eigenvalue weighted by atomic mass is 9.99. The molecule has 4 aromatic rings. The fraction of sp³-hybridized carbons (Fsp3) is 0.474. The molecule has 3 aliphatic rings. The van der Waals surface area contributed by atoms with Gasteiger partial charge in [-0.15, -0.1) is 0 Å². The number of hydrogen-bond acceptors (Lipinski definition) is 13. The van der Waals surface area contributed by atoms with E-state index in [4.69, 9.17) is 10.5 Å². The number of amides is 6. The summed E-state index contributed by atoms with van der Waals surface area (Å²) < 4.78 is 5.88. The van der Waals surface area contributed by atoms with Gasteiger partial charge in [0.25, 0.3) is 0 Å². The average Bonchev–Trinajstić information content (AvgIpc) is 4.02. The fourth-order valence-corrected chi connectivity index (χ4v) is 9.98. The summed E-state index contributed by atoms with van der Waals surface area (Å²) in [5.41, 5.74) is 12.0. The van der Waals surface area contributed by atoms with Crippen molar-refractivity contribution in [2.24, 2.45) is 5.73 Å². The predicted molar refractivity (Wildman–Crippen MR) is 285 cm³/mol. The number of nitrogens with zero attached hydrogens (tertiary/aromatic N) is 2. The zero-order valence-corrected chi connectivity index (χ0v) is 43.5. The van der Waals surface area contributed by atoms with Gasteiger partial charge in [-0.1, -0.05) is 92.6 Å². The Kier molecular flexibility index (Phi) is 20.0. The minimum absolute atomic E-state index is 0.0185. The number of hydrogen-bond donors (Lipinski definition) is 10. The number of phenols is 1. The summed E-state index contributed by atoms with van der Waals surface area (Å²) in [5, 5.41) is 56.8. The number of nitrogens with one attached hydrogen (secondary N) is 5. The molecule has 7 unspecified atom stereocenters. The van der Waals surface area contributed by atoms with Gasteiger partial charge >= 0.3 is 0 Å². The molecule has 10 atom stereocenters. The van der Waals surface area contributed by atoms with Gasteiger partial charge < -0.3 is 67.3 Å². The number of carbonyl (C=O) groups is 6. The molecule has 3 heterocycles. The van der Waals surface area contributed by atoms with Crippen LogP contribution in [0.5, 0.6) is 11.5 Å². The fourth-order valence-electron chi connectivity index (χ4n) is 9.98. The second-order valence-corrected chi connectivity index (χ2v) is 20.3. The Morgan fingerprint density at radius 1 is 0.671 bits per heavy atom. The number of carbonyl (C=O) groups excluding carboxylic acids is 6. The van der Waals surface area contributed by atoms with Gasteiger partial charge in [0.1, 0.15) is 41.7 Å². The summed E-state index contributed by atoms with van der Waals surface area (Å²) in [6, 6.07) is 21.9. The standard InChI is InChI=1S/C57H74N8O11/c1-4-5-6-28-76-45-24-20-41(21-25-45)40-18-16-39(17-19-40)38-14-9-37(10-15-38)31-60-46-8-7-27-59-54(72)48-29-42(58)32-64(48)56(74)50(34(2)66)63-53(71)47(26-13-36-11-22-43(68)23-12-36)61-55(73)49-30-44(69)33-65(49)57(75)51(35(3)67)62-52(46)70/h9-12,14-25,34-35,42,44,46-51,60,66-69H,4-8,13,26-33,58H2,1-3H3,(H,59,72)(H,61,73)(H,62,70)(H,63,71)/t34?,35?,42-,44+,46-,47?,48?,49?,50?,51?/m0/s1. The predicted octanol–water partition coefficient (Wildman–Crippen LogP) is 2.40. The maximum Gasteiger partial charge on any atom is 0.248 e. The molecule has 0 bridgehead atoms. The van der Waals surface area contributed by atoms with Crippen molar-refractivity contribution in [3.63, 3.8) is 0 Å². The molecule has 0 spiro atoms. The number of fused-ring (bicyclic) bond motifs is 2. The number of aliphatic hydroxyl groups is 3. The molecular weight excluding hydrogens is 973 g/mol. The van der Waals surface area contributed by atoms with Crippen LogP contribution in [0.2, 0.25) is 0 Å². The van der Waals surface area contributed by atoms with E-state index in [9.17, 15) is 49.2 Å². The van der Waals surface area contributed by atoms with Crippen LogP contribution in [0.4, 0.5) is 0 Å². The third-order valence-corrected chi connectivity index (χ3v) is 14.4. The van der Waals surface area contributed by atoms with Crippen LogP contribution in [0, 0.1) is 0 Å². The molecule has 0 radical (unpaired) electrons. The summed E-state index contributed by atoms with van der Waals surface area (Å²) in [6.45, 7) is 5.43. The molecule has 3 fully saturated rings. The maximum absolute atomic E-state index is 14.4. The van der Waals surface area contributed by atoms with Gasteiger partial charge in [-0.3, -0.25) is 28.8 Å². The zero-order chi connectivity index (χ0) is 54.5. The Morgan fingerprint density at radius 2 is 1.21 bits per heavy atom. The Balaban J connectivity index is 1.09. The molecule has 3 saturated heterocycles. The highest BCUT2D eigenvalue weighted by atomic mass is 16.5. The van der Waals surface area contributed by atoms with Crippen molar-refractivity contribution in [2.75, 3.05) is 26.2 Å². The summed E-state index contributed by atoms with van der Waals surface area (Å²) >= 11 is 0. The van der Waals surface area contributed by atoms with E-state index in [1.54, 1.807) is 12.1 Å². The van der Waals surface area contributed by atoms with E-state index in [0.29, 0.717) is 12.2 Å². The molecule has 11 N–H and O–H groups in total. The first-order valence-corrected chi connectivity index (χ1v) is 26.5. The number of unbranched alkanes of at least 4 members (excludes halogenated alkanes) is 2. The van der Waals surface area contributed by atoms with E-state index in [1.807, 2.05) is 36.4 Å². The Morgan fingerprint density at radius 3 is 1.80 bits per heavy atom. The average molecular weight is 1050 g/mol. The van der Waals surface area contributed by atoms with Crippen LogP contribution >= 0.6 is 0 Å². The SMILES string of the molecule is CCCCCOc1ccc(-c2ccc(-c3ccc(CN[C@H]4CCCNC(=O)C5C[C@H](N)CN5C(=O)C(C(C)O)NC(=O)C(CCc5ccc(O)cc5)NC(=O)C5C[C@@H](O)CN5C(=O)C(C(C)O)NC4=O)cc3)cc2)cc1. The van der Waals surface area contributed by atoms with Crippen molar-refractivity contribution in [3.05, 3.63) is 108 Å². The van der Waals surface area contributed by atoms with Crippen LogP contribution in [0.15, 0.2) is 97.1 Å². The second kappa shape index (κ2) is 26.7. The number of ether oxygens (including phenoxy) is 1. The molecule has 0 aromatic heterocycles. The Hall–Kier alpha value is -6.90. The van der Waals surface area contributed by atoms with Gasteiger partial charge in [0.2, 0.25) is 35.4 Å². The number of aliphatic hydroxyl groups excluding tert-OH is 3. The summed E-state index contributed by atoms with van der Waals surface area (Å²) in [6.07, 6.45) is -0.356. The lowest BCUT2D eigenvalue weighted by Crippen LogP contribution is -2.61. The number of rotatable bonds is 15. The Bertz CT molecular complexity index is 2600. The lowest BCUT2D eigenvalue weighted by Gasteiger charge is -2.32. The number of aryl methyl sites for hydroxylation is 1. The normalized spacial score (nSPS) is 25.0. The van der Waals surface area contributed by atoms with Crippen molar-refractivity contribution in [3.8, 4) is 33.8 Å². The molecule has 3 aliphatic heterocycles. The van der Waals surface area contributed by atoms with E-state index in [-0.39, 0.29) is 70.5 Å². The third-order valence-electron chi connectivity index (χ3n) is 14.4. The smallest absolute Gasteiger partial charge is 0.248 e. The number of aromatic hydroxyl groups is 1. The molecular formula is C57H74N8O11. The molecule has 19 nitrogen and oxygen atoms in total. The van der Waals surface area contributed by atoms with Crippen LogP contribution in [-0.2, 0) is 41.7 Å².